The molecule has 150 valence electrons. The third-order valence-corrected chi connectivity index (χ3v) is 5.39. The number of ether oxygens (including phenoxy) is 2. The van der Waals surface area contributed by atoms with Crippen LogP contribution in [0.1, 0.15) is 13.8 Å². The average Bonchev–Trinajstić information content (AvgIpc) is 2.65. The molecule has 0 radical (unpaired) electrons. The van der Waals surface area contributed by atoms with Crippen molar-refractivity contribution >= 4 is 27.4 Å². The van der Waals surface area contributed by atoms with E-state index < -0.39 is 33.6 Å². The van der Waals surface area contributed by atoms with Gasteiger partial charge in [-0.15, -0.1) is 0 Å². The van der Waals surface area contributed by atoms with Crippen LogP contribution in [0.2, 0.25) is 0 Å². The summed E-state index contributed by atoms with van der Waals surface area (Å²) in [5.41, 5.74) is -0.187. The fourth-order valence-corrected chi connectivity index (χ4v) is 3.82. The van der Waals surface area contributed by atoms with Crippen LogP contribution >= 0.6 is 0 Å². The molecule has 0 aliphatic carbocycles. The highest BCUT2D eigenvalue weighted by Gasteiger charge is 2.29. The van der Waals surface area contributed by atoms with Crippen molar-refractivity contribution in [3.8, 4) is 5.75 Å². The second-order valence-electron chi connectivity index (χ2n) is 6.00. The SMILES string of the molecule is COc1ccc(N(CC(=O)OC(C)C)S(=O)(=O)c2cccc([N+](=O)[O-])c2)cc1. The molecule has 28 heavy (non-hydrogen) atoms. The lowest BCUT2D eigenvalue weighted by atomic mass is 10.3. The summed E-state index contributed by atoms with van der Waals surface area (Å²) >= 11 is 0. The summed E-state index contributed by atoms with van der Waals surface area (Å²) in [5.74, 6) is -0.249. The molecule has 10 heteroatoms. The van der Waals surface area contributed by atoms with E-state index in [0.717, 1.165) is 10.4 Å². The van der Waals surface area contributed by atoms with Crippen molar-refractivity contribution in [1.82, 2.24) is 0 Å². The highest BCUT2D eigenvalue weighted by atomic mass is 32.2. The van der Waals surface area contributed by atoms with E-state index in [9.17, 15) is 23.3 Å². The molecule has 0 spiro atoms. The number of methoxy groups -OCH3 is 1. The van der Waals surface area contributed by atoms with Crippen molar-refractivity contribution in [2.24, 2.45) is 0 Å². The summed E-state index contributed by atoms with van der Waals surface area (Å²) in [4.78, 5) is 22.1. The van der Waals surface area contributed by atoms with Crippen molar-refractivity contribution < 1.29 is 27.6 Å². The number of nitro groups is 1. The Labute approximate surface area is 162 Å². The molecular weight excluding hydrogens is 388 g/mol. The van der Waals surface area contributed by atoms with Gasteiger partial charge in [0.25, 0.3) is 15.7 Å². The Hall–Kier alpha value is -3.14. The summed E-state index contributed by atoms with van der Waals surface area (Å²) in [6, 6.07) is 10.6. The lowest BCUT2D eigenvalue weighted by molar-refractivity contribution is -0.385. The van der Waals surface area contributed by atoms with E-state index in [1.165, 1.54) is 37.4 Å². The topological polar surface area (TPSA) is 116 Å². The maximum Gasteiger partial charge on any atom is 0.327 e. The van der Waals surface area contributed by atoms with Gasteiger partial charge in [-0.1, -0.05) is 6.07 Å². The van der Waals surface area contributed by atoms with Gasteiger partial charge in [0.1, 0.15) is 12.3 Å². The molecule has 2 rings (SSSR count). The highest BCUT2D eigenvalue weighted by Crippen LogP contribution is 2.27. The Morgan fingerprint density at radius 3 is 2.36 bits per heavy atom. The lowest BCUT2D eigenvalue weighted by Gasteiger charge is -2.24. The van der Waals surface area contributed by atoms with Crippen molar-refractivity contribution in [1.29, 1.82) is 0 Å². The van der Waals surface area contributed by atoms with Gasteiger partial charge in [0.2, 0.25) is 0 Å². The fraction of sp³-hybridized carbons (Fsp3) is 0.278. The van der Waals surface area contributed by atoms with Crippen molar-refractivity contribution in [2.75, 3.05) is 18.0 Å². The molecule has 0 unspecified atom stereocenters. The van der Waals surface area contributed by atoms with Crippen LogP contribution in [0.4, 0.5) is 11.4 Å². The molecule has 0 aliphatic rings. The third kappa shape index (κ3) is 4.97. The van der Waals surface area contributed by atoms with E-state index in [-0.39, 0.29) is 16.3 Å². The molecule has 9 nitrogen and oxygen atoms in total. The summed E-state index contributed by atoms with van der Waals surface area (Å²) in [6.45, 7) is 2.70. The van der Waals surface area contributed by atoms with Crippen LogP contribution in [0.15, 0.2) is 53.4 Å². The maximum atomic E-state index is 13.1. The number of esters is 1. The number of nitro benzene ring substituents is 1. The number of carbonyl (C=O) groups is 1. The predicted molar refractivity (Wildman–Crippen MR) is 102 cm³/mol. The highest BCUT2D eigenvalue weighted by molar-refractivity contribution is 7.92. The van der Waals surface area contributed by atoms with Crippen molar-refractivity contribution in [3.05, 3.63) is 58.6 Å². The largest absolute Gasteiger partial charge is 0.497 e. The number of sulfonamides is 1. The monoisotopic (exact) mass is 408 g/mol. The zero-order valence-electron chi connectivity index (χ0n) is 15.6. The van der Waals surface area contributed by atoms with Gasteiger partial charge in [-0.2, -0.15) is 0 Å². The minimum absolute atomic E-state index is 0.188. The number of hydrogen-bond acceptors (Lipinski definition) is 7. The number of non-ortho nitro benzene ring substituents is 1. The van der Waals surface area contributed by atoms with Crippen molar-refractivity contribution in [2.45, 2.75) is 24.8 Å². The van der Waals surface area contributed by atoms with E-state index in [1.807, 2.05) is 0 Å². The van der Waals surface area contributed by atoms with Crippen LogP contribution in [-0.2, 0) is 19.6 Å². The Morgan fingerprint density at radius 2 is 1.82 bits per heavy atom. The molecule has 0 heterocycles. The number of anilines is 1. The van der Waals surface area contributed by atoms with Gasteiger partial charge in [0, 0.05) is 12.1 Å². The molecule has 0 saturated carbocycles. The van der Waals surface area contributed by atoms with Crippen LogP contribution in [0.3, 0.4) is 0 Å². The molecule has 2 aromatic rings. The van der Waals surface area contributed by atoms with E-state index >= 15 is 0 Å². The normalized spacial score (nSPS) is 11.1. The summed E-state index contributed by atoms with van der Waals surface area (Å²) < 4.78 is 37.3. The Balaban J connectivity index is 2.50. The molecule has 0 aromatic heterocycles. The van der Waals surface area contributed by atoms with Gasteiger partial charge < -0.3 is 9.47 Å². The summed E-state index contributed by atoms with van der Waals surface area (Å²) in [7, 11) is -2.81. The molecule has 0 atom stereocenters. The minimum Gasteiger partial charge on any atom is -0.497 e. The van der Waals surface area contributed by atoms with E-state index in [0.29, 0.717) is 5.75 Å². The predicted octanol–water partition coefficient (Wildman–Crippen LogP) is 2.75. The minimum atomic E-state index is -4.27. The van der Waals surface area contributed by atoms with E-state index in [2.05, 4.69) is 0 Å². The van der Waals surface area contributed by atoms with E-state index in [1.54, 1.807) is 26.0 Å². The molecule has 0 N–H and O–H groups in total. The first kappa shape index (κ1) is 21.2. The van der Waals surface area contributed by atoms with Crippen LogP contribution in [-0.4, -0.2) is 39.1 Å². The second kappa shape index (κ2) is 8.70. The average molecular weight is 408 g/mol. The van der Waals surface area contributed by atoms with Gasteiger partial charge in [-0.3, -0.25) is 19.2 Å². The summed E-state index contributed by atoms with van der Waals surface area (Å²) in [5, 5.41) is 11.0. The fourth-order valence-electron chi connectivity index (χ4n) is 2.37. The number of rotatable bonds is 8. The molecule has 0 fully saturated rings. The van der Waals surface area contributed by atoms with Gasteiger partial charge in [-0.25, -0.2) is 8.42 Å². The standard InChI is InChI=1S/C18H20N2O7S/c1-13(2)27-18(21)12-19(14-7-9-16(26-3)10-8-14)28(24,25)17-6-4-5-15(11-17)20(22)23/h4-11,13H,12H2,1-3H3. The number of carbonyl (C=O) groups excluding carboxylic acids is 1. The molecule has 0 bridgehead atoms. The number of nitrogens with zero attached hydrogens (tertiary/aromatic N) is 2. The summed E-state index contributed by atoms with van der Waals surface area (Å²) in [6.07, 6.45) is -0.425. The molecular formula is C18H20N2O7S. The lowest BCUT2D eigenvalue weighted by Crippen LogP contribution is -2.37. The van der Waals surface area contributed by atoms with Crippen LogP contribution in [0.25, 0.3) is 0 Å². The Morgan fingerprint density at radius 1 is 1.18 bits per heavy atom. The van der Waals surface area contributed by atoms with Gasteiger partial charge >= 0.3 is 5.97 Å². The van der Waals surface area contributed by atoms with Crippen molar-refractivity contribution in [3.63, 3.8) is 0 Å². The van der Waals surface area contributed by atoms with Crippen LogP contribution < -0.4 is 9.04 Å². The molecule has 0 saturated heterocycles. The van der Waals surface area contributed by atoms with Gasteiger partial charge in [0.15, 0.2) is 0 Å². The molecule has 2 aromatic carbocycles. The first-order valence-corrected chi connectivity index (χ1v) is 9.70. The quantitative estimate of drug-likeness (QED) is 0.374. The number of benzene rings is 2. The Bertz CT molecular complexity index is 956. The van der Waals surface area contributed by atoms with Gasteiger partial charge in [-0.05, 0) is 44.2 Å². The molecule has 0 aliphatic heterocycles. The Kier molecular flexibility index (Phi) is 6.57. The smallest absolute Gasteiger partial charge is 0.327 e. The zero-order chi connectivity index (χ0) is 20.9. The molecule has 0 amide bonds. The maximum absolute atomic E-state index is 13.1. The first-order valence-electron chi connectivity index (χ1n) is 8.26. The van der Waals surface area contributed by atoms with Crippen LogP contribution in [0, 0.1) is 10.1 Å². The van der Waals surface area contributed by atoms with E-state index in [4.69, 9.17) is 9.47 Å². The van der Waals surface area contributed by atoms with Gasteiger partial charge in [0.05, 0.1) is 28.7 Å². The second-order valence-corrected chi connectivity index (χ2v) is 7.87. The third-order valence-electron chi connectivity index (χ3n) is 3.62. The van der Waals surface area contributed by atoms with Crippen LogP contribution in [0.5, 0.6) is 5.75 Å². The number of hydrogen-bond donors (Lipinski definition) is 0. The zero-order valence-corrected chi connectivity index (χ0v) is 16.4. The first-order chi connectivity index (χ1) is 13.1.